The number of aliphatic hydroxyl groups is 1. The van der Waals surface area contributed by atoms with Crippen molar-refractivity contribution in [2.45, 2.75) is 264 Å². The number of phosphoric ester groups is 1. The van der Waals surface area contributed by atoms with Crippen LogP contribution in [0.25, 0.3) is 0 Å². The van der Waals surface area contributed by atoms with Crippen molar-refractivity contribution in [3.63, 3.8) is 0 Å². The summed E-state index contributed by atoms with van der Waals surface area (Å²) in [5, 5.41) is 9.75. The molecule has 0 aromatic heterocycles. The summed E-state index contributed by atoms with van der Waals surface area (Å²) in [6.45, 7) is 4.57. The van der Waals surface area contributed by atoms with Gasteiger partial charge in [0.25, 0.3) is 0 Å². The van der Waals surface area contributed by atoms with E-state index in [1.165, 1.54) is 89.9 Å². The summed E-state index contributed by atoms with van der Waals surface area (Å²) in [6, 6.07) is 0. The Morgan fingerprint density at radius 1 is 0.424 bits per heavy atom. The van der Waals surface area contributed by atoms with Gasteiger partial charge < -0.3 is 24.2 Å². The van der Waals surface area contributed by atoms with Gasteiger partial charge in [0.15, 0.2) is 6.10 Å². The Labute approximate surface area is 403 Å². The molecule has 0 bridgehead atoms. The molecule has 0 saturated carbocycles. The zero-order valence-corrected chi connectivity index (χ0v) is 43.3. The third-order valence-corrected chi connectivity index (χ3v) is 12.5. The van der Waals surface area contributed by atoms with Crippen LogP contribution in [0.2, 0.25) is 0 Å². The van der Waals surface area contributed by atoms with E-state index in [9.17, 15) is 28.9 Å². The van der Waals surface area contributed by atoms with E-state index >= 15 is 0 Å². The van der Waals surface area contributed by atoms with Gasteiger partial charge in [-0.2, -0.15) is 0 Å². The molecule has 0 saturated heterocycles. The van der Waals surface area contributed by atoms with Gasteiger partial charge in [-0.15, -0.1) is 0 Å². The van der Waals surface area contributed by atoms with E-state index in [1.807, 2.05) is 0 Å². The molecule has 0 fully saturated rings. The Balaban J connectivity index is 4.76. The van der Waals surface area contributed by atoms with Gasteiger partial charge in [-0.05, 0) is 77.0 Å². The molecule has 0 radical (unpaired) electrons. The molecular weight excluding hydrogens is 856 g/mol. The summed E-state index contributed by atoms with van der Waals surface area (Å²) in [5.74, 6) is -1.48. The third-order valence-electron chi connectivity index (χ3n) is 11.5. The van der Waals surface area contributed by atoms with Crippen LogP contribution in [0.4, 0.5) is 0 Å². The molecule has 2 N–H and O–H groups in total. The Hall–Kier alpha value is -2.30. The summed E-state index contributed by atoms with van der Waals surface area (Å²) in [6.07, 6.45) is 48.3. The van der Waals surface area contributed by atoms with Crippen LogP contribution in [0.5, 0.6) is 0 Å². The molecule has 0 heterocycles. The van der Waals surface area contributed by atoms with Crippen LogP contribution in [0.15, 0.2) is 36.5 Å². The minimum absolute atomic E-state index is 0.157. The van der Waals surface area contributed by atoms with Gasteiger partial charge >= 0.3 is 25.7 Å². The van der Waals surface area contributed by atoms with Crippen molar-refractivity contribution >= 4 is 25.7 Å². The topological polar surface area (TPSA) is 155 Å². The number of rotatable bonds is 50. The lowest BCUT2D eigenvalue weighted by molar-refractivity contribution is -0.161. The van der Waals surface area contributed by atoms with Crippen LogP contribution < -0.4 is 0 Å². The zero-order valence-electron chi connectivity index (χ0n) is 42.4. The quantitative estimate of drug-likeness (QED) is 0.0197. The fraction of sp³-hybridized carbons (Fsp3) is 0.833. The number of phosphoric acid groups is 1. The molecule has 0 aromatic carbocycles. The maximum Gasteiger partial charge on any atom is 0.472 e. The molecule has 3 unspecified atom stereocenters. The Morgan fingerprint density at radius 3 is 1.17 bits per heavy atom. The SMILES string of the molecule is CCCCC/C=C\C/C=C\CCCCCCCC(=O)OCC(COP(=O)(O)OCC(CO)OC(=O)CCCCCCCCCCC)OC(=O)CCCCCCC/C=C\CCCCCCCC. The van der Waals surface area contributed by atoms with Crippen molar-refractivity contribution in [3.8, 4) is 0 Å². The molecule has 0 rings (SSSR count). The van der Waals surface area contributed by atoms with E-state index in [4.69, 9.17) is 23.3 Å². The first-order chi connectivity index (χ1) is 32.2. The van der Waals surface area contributed by atoms with E-state index in [2.05, 4.69) is 57.2 Å². The van der Waals surface area contributed by atoms with Crippen molar-refractivity contribution in [1.82, 2.24) is 0 Å². The molecule has 0 aliphatic heterocycles. The molecule has 66 heavy (non-hydrogen) atoms. The lowest BCUT2D eigenvalue weighted by Crippen LogP contribution is -2.30. The predicted octanol–water partition coefficient (Wildman–Crippen LogP) is 15.3. The second-order valence-corrected chi connectivity index (χ2v) is 19.5. The molecule has 0 spiro atoms. The first kappa shape index (κ1) is 63.7. The van der Waals surface area contributed by atoms with Crippen LogP contribution in [0, 0.1) is 0 Å². The maximum absolute atomic E-state index is 12.8. The highest BCUT2D eigenvalue weighted by Crippen LogP contribution is 2.43. The first-order valence-electron chi connectivity index (χ1n) is 26.9. The Bertz CT molecular complexity index is 1250. The molecule has 11 nitrogen and oxygen atoms in total. The lowest BCUT2D eigenvalue weighted by Gasteiger charge is -2.21. The smallest absolute Gasteiger partial charge is 0.462 e. The average molecular weight is 955 g/mol. The number of carbonyl (C=O) groups excluding carboxylic acids is 3. The van der Waals surface area contributed by atoms with Crippen molar-refractivity contribution < 1.29 is 52.2 Å². The van der Waals surface area contributed by atoms with Crippen LogP contribution >= 0.6 is 7.82 Å². The largest absolute Gasteiger partial charge is 0.472 e. The van der Waals surface area contributed by atoms with Crippen molar-refractivity contribution in [1.29, 1.82) is 0 Å². The highest BCUT2D eigenvalue weighted by atomic mass is 31.2. The number of aliphatic hydroxyl groups excluding tert-OH is 1. The highest BCUT2D eigenvalue weighted by Gasteiger charge is 2.28. The number of ether oxygens (including phenoxy) is 3. The fourth-order valence-electron chi connectivity index (χ4n) is 7.38. The molecule has 12 heteroatoms. The first-order valence-corrected chi connectivity index (χ1v) is 28.4. The van der Waals surface area contributed by atoms with Crippen LogP contribution in [0.3, 0.4) is 0 Å². The molecule has 0 aliphatic rings. The lowest BCUT2D eigenvalue weighted by atomic mass is 10.1. The van der Waals surface area contributed by atoms with Gasteiger partial charge in [0, 0.05) is 19.3 Å². The van der Waals surface area contributed by atoms with Crippen LogP contribution in [0.1, 0.15) is 252 Å². The van der Waals surface area contributed by atoms with Crippen molar-refractivity contribution in [3.05, 3.63) is 36.5 Å². The summed E-state index contributed by atoms with van der Waals surface area (Å²) in [5.41, 5.74) is 0. The third kappa shape index (κ3) is 46.8. The maximum atomic E-state index is 12.8. The molecule has 0 aliphatic carbocycles. The number of carbonyl (C=O) groups is 3. The van der Waals surface area contributed by atoms with Crippen LogP contribution in [-0.4, -0.2) is 66.5 Å². The molecular formula is C54H99O11P. The molecule has 0 amide bonds. The van der Waals surface area contributed by atoms with Gasteiger partial charge in [-0.25, -0.2) is 4.57 Å². The minimum atomic E-state index is -4.74. The summed E-state index contributed by atoms with van der Waals surface area (Å²) in [4.78, 5) is 48.3. The number of allylic oxidation sites excluding steroid dienone is 6. The van der Waals surface area contributed by atoms with Gasteiger partial charge in [0.05, 0.1) is 19.8 Å². The van der Waals surface area contributed by atoms with E-state index < -0.39 is 57.8 Å². The molecule has 386 valence electrons. The van der Waals surface area contributed by atoms with E-state index in [0.29, 0.717) is 19.3 Å². The fourth-order valence-corrected chi connectivity index (χ4v) is 8.16. The van der Waals surface area contributed by atoms with Gasteiger partial charge in [0.2, 0.25) is 0 Å². The number of esters is 3. The second-order valence-electron chi connectivity index (χ2n) is 18.0. The van der Waals surface area contributed by atoms with E-state index in [1.54, 1.807) is 0 Å². The molecule has 0 aromatic rings. The Morgan fingerprint density at radius 2 is 0.742 bits per heavy atom. The predicted molar refractivity (Wildman–Crippen MR) is 270 cm³/mol. The van der Waals surface area contributed by atoms with Crippen molar-refractivity contribution in [2.75, 3.05) is 26.4 Å². The van der Waals surface area contributed by atoms with Gasteiger partial charge in [-0.1, -0.05) is 192 Å². The zero-order chi connectivity index (χ0) is 48.4. The standard InChI is InChI=1S/C54H99O11P/c1-4-7-10-13-16-19-21-23-25-27-29-32-34-37-40-43-52(56)61-47-51(65-54(58)45-42-39-36-33-30-28-26-24-22-20-17-14-11-8-5-2)49-63-66(59,60)62-48-50(46-55)64-53(57)44-41-38-35-31-18-15-12-9-6-3/h16,19,23-26,50-51,55H,4-15,17-18,20-22,27-49H2,1-3H3,(H,59,60)/b19-16-,25-23-,26-24-. The average Bonchev–Trinajstić information content (AvgIpc) is 3.30. The normalized spacial score (nSPS) is 13.7. The second kappa shape index (κ2) is 49.1. The van der Waals surface area contributed by atoms with Crippen molar-refractivity contribution in [2.24, 2.45) is 0 Å². The van der Waals surface area contributed by atoms with Crippen LogP contribution in [-0.2, 0) is 42.2 Å². The summed E-state index contributed by atoms with van der Waals surface area (Å²) >= 11 is 0. The van der Waals surface area contributed by atoms with Gasteiger partial charge in [-0.3, -0.25) is 23.4 Å². The minimum Gasteiger partial charge on any atom is -0.462 e. The monoisotopic (exact) mass is 955 g/mol. The number of hydrogen-bond donors (Lipinski definition) is 2. The summed E-state index contributed by atoms with van der Waals surface area (Å²) < 4.78 is 39.3. The Kier molecular flexibility index (Phi) is 47.4. The van der Waals surface area contributed by atoms with E-state index in [-0.39, 0.29) is 25.9 Å². The van der Waals surface area contributed by atoms with E-state index in [0.717, 1.165) is 103 Å². The summed E-state index contributed by atoms with van der Waals surface area (Å²) in [7, 11) is -4.74. The number of unbranched alkanes of at least 4 members (excludes halogenated alkanes) is 27. The number of hydrogen-bond acceptors (Lipinski definition) is 10. The van der Waals surface area contributed by atoms with Gasteiger partial charge in [0.1, 0.15) is 12.7 Å². The molecule has 3 atom stereocenters. The highest BCUT2D eigenvalue weighted by molar-refractivity contribution is 7.47.